The van der Waals surface area contributed by atoms with E-state index in [2.05, 4.69) is 4.98 Å². The van der Waals surface area contributed by atoms with E-state index in [9.17, 15) is 10.1 Å². The number of nitrogen functional groups attached to an aromatic ring is 1. The monoisotopic (exact) mass is 239 g/mol. The standard InChI is InChI=1S/C10H13N3O2S/c11-10-8(13(14)15)5-6-9(12-10)16-7-3-1-2-4-7/h5-7H,1-4H2,(H2,11,12). The molecule has 2 rings (SSSR count). The molecule has 0 radical (unpaired) electrons. The summed E-state index contributed by atoms with van der Waals surface area (Å²) in [5, 5.41) is 11.9. The van der Waals surface area contributed by atoms with Crippen LogP contribution in [0.2, 0.25) is 0 Å². The first-order chi connectivity index (χ1) is 7.66. The van der Waals surface area contributed by atoms with Gasteiger partial charge in [-0.25, -0.2) is 4.98 Å². The van der Waals surface area contributed by atoms with E-state index in [0.29, 0.717) is 5.25 Å². The van der Waals surface area contributed by atoms with E-state index in [1.807, 2.05) is 0 Å². The van der Waals surface area contributed by atoms with Gasteiger partial charge in [0.15, 0.2) is 0 Å². The Labute approximate surface area is 97.6 Å². The Bertz CT molecular complexity index is 405. The van der Waals surface area contributed by atoms with Gasteiger partial charge < -0.3 is 5.73 Å². The van der Waals surface area contributed by atoms with Gasteiger partial charge in [0.05, 0.1) is 9.95 Å². The van der Waals surface area contributed by atoms with Crippen LogP contribution in [-0.4, -0.2) is 15.2 Å². The highest BCUT2D eigenvalue weighted by molar-refractivity contribution is 7.99. The summed E-state index contributed by atoms with van der Waals surface area (Å²) < 4.78 is 0. The van der Waals surface area contributed by atoms with Gasteiger partial charge in [-0.1, -0.05) is 12.8 Å². The highest BCUT2D eigenvalue weighted by Gasteiger charge is 2.19. The van der Waals surface area contributed by atoms with Crippen LogP contribution in [0, 0.1) is 10.1 Å². The van der Waals surface area contributed by atoms with Crippen LogP contribution in [0.1, 0.15) is 25.7 Å². The van der Waals surface area contributed by atoms with Gasteiger partial charge in [0.25, 0.3) is 0 Å². The van der Waals surface area contributed by atoms with E-state index in [4.69, 9.17) is 5.73 Å². The Morgan fingerprint density at radius 1 is 1.44 bits per heavy atom. The van der Waals surface area contributed by atoms with Gasteiger partial charge in [-0.2, -0.15) is 0 Å². The molecule has 0 aliphatic heterocycles. The lowest BCUT2D eigenvalue weighted by atomic mass is 10.4. The summed E-state index contributed by atoms with van der Waals surface area (Å²) in [5.74, 6) is 0.00740. The van der Waals surface area contributed by atoms with E-state index in [-0.39, 0.29) is 11.5 Å². The van der Waals surface area contributed by atoms with Crippen LogP contribution in [-0.2, 0) is 0 Å². The number of nitrogens with zero attached hydrogens (tertiary/aromatic N) is 2. The lowest BCUT2D eigenvalue weighted by Crippen LogP contribution is -2.01. The number of pyridine rings is 1. The number of rotatable bonds is 3. The summed E-state index contributed by atoms with van der Waals surface area (Å²) in [6.45, 7) is 0. The van der Waals surface area contributed by atoms with Gasteiger partial charge in [-0.15, -0.1) is 11.8 Å². The number of nitro groups is 1. The molecule has 0 unspecified atom stereocenters. The Balaban J connectivity index is 2.11. The maximum atomic E-state index is 10.6. The number of nitrogens with two attached hydrogens (primary N) is 1. The lowest BCUT2D eigenvalue weighted by molar-refractivity contribution is -0.384. The van der Waals surface area contributed by atoms with Crippen LogP contribution in [0.25, 0.3) is 0 Å². The van der Waals surface area contributed by atoms with Gasteiger partial charge in [-0.05, 0) is 18.9 Å². The first kappa shape index (κ1) is 11.2. The minimum Gasteiger partial charge on any atom is -0.378 e. The van der Waals surface area contributed by atoms with Gasteiger partial charge in [0, 0.05) is 11.3 Å². The Morgan fingerprint density at radius 2 is 2.12 bits per heavy atom. The molecule has 0 spiro atoms. The minimum atomic E-state index is -0.508. The van der Waals surface area contributed by atoms with Crippen molar-refractivity contribution in [3.63, 3.8) is 0 Å². The van der Waals surface area contributed by atoms with Crippen LogP contribution in [0.3, 0.4) is 0 Å². The summed E-state index contributed by atoms with van der Waals surface area (Å²) in [7, 11) is 0. The second-order valence-corrected chi connectivity index (χ2v) is 5.16. The van der Waals surface area contributed by atoms with Gasteiger partial charge in [0.2, 0.25) is 5.82 Å². The third-order valence-electron chi connectivity index (χ3n) is 2.66. The number of aromatic nitrogens is 1. The van der Waals surface area contributed by atoms with Gasteiger partial charge >= 0.3 is 5.69 Å². The summed E-state index contributed by atoms with van der Waals surface area (Å²) in [6, 6.07) is 3.11. The Morgan fingerprint density at radius 3 is 2.69 bits per heavy atom. The molecule has 1 aliphatic rings. The molecule has 86 valence electrons. The SMILES string of the molecule is Nc1nc(SC2CCCC2)ccc1[N+](=O)[O-]. The molecular weight excluding hydrogens is 226 g/mol. The molecule has 0 aromatic carbocycles. The number of thioether (sulfide) groups is 1. The smallest absolute Gasteiger partial charge is 0.311 e. The van der Waals surface area contributed by atoms with Crippen molar-refractivity contribution >= 4 is 23.3 Å². The topological polar surface area (TPSA) is 82.0 Å². The number of hydrogen-bond donors (Lipinski definition) is 1. The van der Waals surface area contributed by atoms with Crippen LogP contribution < -0.4 is 5.73 Å². The first-order valence-electron chi connectivity index (χ1n) is 5.24. The zero-order valence-electron chi connectivity index (χ0n) is 8.76. The maximum Gasteiger partial charge on any atom is 0.311 e. The molecule has 1 aromatic heterocycles. The third kappa shape index (κ3) is 2.44. The van der Waals surface area contributed by atoms with E-state index < -0.39 is 4.92 Å². The summed E-state index contributed by atoms with van der Waals surface area (Å²) >= 11 is 1.67. The summed E-state index contributed by atoms with van der Waals surface area (Å²) in [4.78, 5) is 14.1. The van der Waals surface area contributed by atoms with Crippen molar-refractivity contribution in [2.24, 2.45) is 0 Å². The molecular formula is C10H13N3O2S. The molecule has 1 fully saturated rings. The Kier molecular flexibility index (Phi) is 3.28. The van der Waals surface area contributed by atoms with Crippen molar-refractivity contribution in [2.45, 2.75) is 36.0 Å². The van der Waals surface area contributed by atoms with Crippen molar-refractivity contribution in [2.75, 3.05) is 5.73 Å². The van der Waals surface area contributed by atoms with Gasteiger partial charge in [0.1, 0.15) is 0 Å². The van der Waals surface area contributed by atoms with Crippen molar-refractivity contribution in [1.29, 1.82) is 0 Å². The second-order valence-electron chi connectivity index (χ2n) is 3.84. The average molecular weight is 239 g/mol. The van der Waals surface area contributed by atoms with Crippen LogP contribution in [0.15, 0.2) is 17.2 Å². The molecule has 0 bridgehead atoms. The molecule has 1 aliphatic carbocycles. The highest BCUT2D eigenvalue weighted by Crippen LogP contribution is 2.35. The minimum absolute atomic E-state index is 0.00740. The molecule has 5 nitrogen and oxygen atoms in total. The van der Waals surface area contributed by atoms with Crippen LogP contribution >= 0.6 is 11.8 Å². The fraction of sp³-hybridized carbons (Fsp3) is 0.500. The van der Waals surface area contributed by atoms with Crippen LogP contribution in [0.5, 0.6) is 0 Å². The van der Waals surface area contributed by atoms with Crippen molar-refractivity contribution in [3.05, 3.63) is 22.2 Å². The molecule has 0 saturated heterocycles. The van der Waals surface area contributed by atoms with E-state index in [1.165, 1.54) is 31.7 Å². The predicted molar refractivity (Wildman–Crippen MR) is 63.4 cm³/mol. The quantitative estimate of drug-likeness (QED) is 0.647. The molecule has 1 aromatic rings. The third-order valence-corrected chi connectivity index (χ3v) is 3.94. The molecule has 0 amide bonds. The summed E-state index contributed by atoms with van der Waals surface area (Å²) in [6.07, 6.45) is 4.92. The van der Waals surface area contributed by atoms with Crippen LogP contribution in [0.4, 0.5) is 11.5 Å². The molecule has 0 atom stereocenters. The number of hydrogen-bond acceptors (Lipinski definition) is 5. The first-order valence-corrected chi connectivity index (χ1v) is 6.12. The normalized spacial score (nSPS) is 16.5. The molecule has 6 heteroatoms. The fourth-order valence-corrected chi connectivity index (χ4v) is 3.05. The lowest BCUT2D eigenvalue weighted by Gasteiger charge is -2.07. The number of anilines is 1. The second kappa shape index (κ2) is 4.69. The molecule has 2 N–H and O–H groups in total. The molecule has 16 heavy (non-hydrogen) atoms. The summed E-state index contributed by atoms with van der Waals surface area (Å²) in [5.41, 5.74) is 5.42. The fourth-order valence-electron chi connectivity index (χ4n) is 1.85. The maximum absolute atomic E-state index is 10.6. The largest absolute Gasteiger partial charge is 0.378 e. The van der Waals surface area contributed by atoms with E-state index in [0.717, 1.165) is 5.03 Å². The zero-order valence-corrected chi connectivity index (χ0v) is 9.57. The zero-order chi connectivity index (χ0) is 11.5. The Hall–Kier alpha value is -1.30. The highest BCUT2D eigenvalue weighted by atomic mass is 32.2. The van der Waals surface area contributed by atoms with E-state index >= 15 is 0 Å². The van der Waals surface area contributed by atoms with Gasteiger partial charge in [-0.3, -0.25) is 10.1 Å². The van der Waals surface area contributed by atoms with Crippen molar-refractivity contribution in [3.8, 4) is 0 Å². The van der Waals surface area contributed by atoms with Crippen molar-refractivity contribution in [1.82, 2.24) is 4.98 Å². The van der Waals surface area contributed by atoms with E-state index in [1.54, 1.807) is 17.8 Å². The van der Waals surface area contributed by atoms with Crippen molar-refractivity contribution < 1.29 is 4.92 Å². The average Bonchev–Trinajstić information content (AvgIpc) is 2.70. The molecule has 1 heterocycles. The predicted octanol–water partition coefficient (Wildman–Crippen LogP) is 2.61. The molecule has 1 saturated carbocycles.